The van der Waals surface area contributed by atoms with Crippen LogP contribution in [0, 0.1) is 0 Å². The summed E-state index contributed by atoms with van der Waals surface area (Å²) in [7, 11) is 0. The van der Waals surface area contributed by atoms with E-state index < -0.39 is 0 Å². The van der Waals surface area contributed by atoms with Gasteiger partial charge in [-0.05, 0) is 36.2 Å². The Morgan fingerprint density at radius 1 is 0.893 bits per heavy atom. The van der Waals surface area contributed by atoms with Crippen LogP contribution in [0.3, 0.4) is 0 Å². The molecule has 0 spiro atoms. The van der Waals surface area contributed by atoms with Gasteiger partial charge in [-0.15, -0.1) is 0 Å². The molecule has 1 heterocycles. The molecule has 0 bridgehead atoms. The SMILES string of the molecule is CCc1ccc(NC(=O)c2cn(-c3ccccc3)nc2-c2ccccc2)cc1. The van der Waals surface area contributed by atoms with Crippen molar-refractivity contribution in [3.63, 3.8) is 0 Å². The molecule has 0 fully saturated rings. The Morgan fingerprint density at radius 3 is 2.18 bits per heavy atom. The molecular weight excluding hydrogens is 346 g/mol. The number of carbonyl (C=O) groups is 1. The van der Waals surface area contributed by atoms with Crippen LogP contribution < -0.4 is 5.32 Å². The molecule has 4 heteroatoms. The van der Waals surface area contributed by atoms with Crippen LogP contribution in [0.2, 0.25) is 0 Å². The lowest BCUT2D eigenvalue weighted by Gasteiger charge is -2.06. The molecule has 0 radical (unpaired) electrons. The van der Waals surface area contributed by atoms with E-state index in [1.165, 1.54) is 5.56 Å². The molecule has 1 amide bonds. The van der Waals surface area contributed by atoms with Crippen LogP contribution in [-0.2, 0) is 6.42 Å². The fourth-order valence-electron chi connectivity index (χ4n) is 3.08. The molecule has 4 nitrogen and oxygen atoms in total. The smallest absolute Gasteiger partial charge is 0.259 e. The lowest BCUT2D eigenvalue weighted by atomic mass is 10.1. The van der Waals surface area contributed by atoms with Crippen LogP contribution in [-0.4, -0.2) is 15.7 Å². The number of benzene rings is 3. The number of anilines is 1. The predicted molar refractivity (Wildman–Crippen MR) is 113 cm³/mol. The fourth-order valence-corrected chi connectivity index (χ4v) is 3.08. The molecule has 1 aromatic heterocycles. The molecule has 0 unspecified atom stereocenters. The Hall–Kier alpha value is -3.66. The minimum Gasteiger partial charge on any atom is -0.322 e. The minimum absolute atomic E-state index is 0.176. The van der Waals surface area contributed by atoms with E-state index in [1.807, 2.05) is 84.9 Å². The Balaban J connectivity index is 1.71. The largest absolute Gasteiger partial charge is 0.322 e. The highest BCUT2D eigenvalue weighted by molar-refractivity contribution is 6.08. The molecule has 138 valence electrons. The van der Waals surface area contributed by atoms with Crippen molar-refractivity contribution in [2.24, 2.45) is 0 Å². The summed E-state index contributed by atoms with van der Waals surface area (Å²) in [4.78, 5) is 13.0. The van der Waals surface area contributed by atoms with Gasteiger partial charge in [-0.3, -0.25) is 4.79 Å². The number of aryl methyl sites for hydroxylation is 1. The summed E-state index contributed by atoms with van der Waals surface area (Å²) in [6, 6.07) is 27.5. The number of aromatic nitrogens is 2. The Bertz CT molecular complexity index is 1070. The summed E-state index contributed by atoms with van der Waals surface area (Å²) in [6.45, 7) is 2.11. The molecule has 0 aliphatic heterocycles. The molecule has 4 rings (SSSR count). The van der Waals surface area contributed by atoms with Gasteiger partial charge in [0.15, 0.2) is 0 Å². The van der Waals surface area contributed by atoms with E-state index in [4.69, 9.17) is 5.10 Å². The van der Waals surface area contributed by atoms with E-state index in [-0.39, 0.29) is 5.91 Å². The van der Waals surface area contributed by atoms with E-state index in [9.17, 15) is 4.79 Å². The van der Waals surface area contributed by atoms with Crippen LogP contribution in [0.25, 0.3) is 16.9 Å². The maximum Gasteiger partial charge on any atom is 0.259 e. The summed E-state index contributed by atoms with van der Waals surface area (Å²) in [5, 5.41) is 7.69. The molecule has 0 aliphatic carbocycles. The van der Waals surface area contributed by atoms with Crippen molar-refractivity contribution in [2.75, 3.05) is 5.32 Å². The quantitative estimate of drug-likeness (QED) is 0.516. The molecule has 28 heavy (non-hydrogen) atoms. The highest BCUT2D eigenvalue weighted by atomic mass is 16.1. The Labute approximate surface area is 164 Å². The molecule has 3 aromatic carbocycles. The zero-order chi connectivity index (χ0) is 19.3. The van der Waals surface area contributed by atoms with E-state index in [0.717, 1.165) is 23.4 Å². The first-order valence-electron chi connectivity index (χ1n) is 9.35. The van der Waals surface area contributed by atoms with Crippen LogP contribution in [0.1, 0.15) is 22.8 Å². The first-order chi connectivity index (χ1) is 13.7. The number of rotatable bonds is 5. The predicted octanol–water partition coefficient (Wildman–Crippen LogP) is 5.35. The van der Waals surface area contributed by atoms with Gasteiger partial charge >= 0.3 is 0 Å². The monoisotopic (exact) mass is 367 g/mol. The van der Waals surface area contributed by atoms with Crippen LogP contribution in [0.15, 0.2) is 91.1 Å². The first kappa shape index (κ1) is 17.7. The molecule has 0 saturated carbocycles. The maximum atomic E-state index is 13.0. The highest BCUT2D eigenvalue weighted by Crippen LogP contribution is 2.24. The van der Waals surface area contributed by atoms with Crippen LogP contribution in [0.5, 0.6) is 0 Å². The second-order valence-corrected chi connectivity index (χ2v) is 6.54. The van der Waals surface area contributed by atoms with Gasteiger partial charge in [0.1, 0.15) is 5.69 Å². The number of para-hydroxylation sites is 1. The van der Waals surface area contributed by atoms with E-state index in [1.54, 1.807) is 10.9 Å². The topological polar surface area (TPSA) is 46.9 Å². The zero-order valence-corrected chi connectivity index (χ0v) is 15.7. The van der Waals surface area contributed by atoms with Crippen LogP contribution >= 0.6 is 0 Å². The van der Waals surface area contributed by atoms with E-state index in [0.29, 0.717) is 11.3 Å². The summed E-state index contributed by atoms with van der Waals surface area (Å²) in [5.74, 6) is -0.176. The fraction of sp³-hybridized carbons (Fsp3) is 0.0833. The Kier molecular flexibility index (Phi) is 5.02. The lowest BCUT2D eigenvalue weighted by Crippen LogP contribution is -2.12. The van der Waals surface area contributed by atoms with Gasteiger partial charge < -0.3 is 5.32 Å². The van der Waals surface area contributed by atoms with Crippen molar-refractivity contribution >= 4 is 11.6 Å². The first-order valence-corrected chi connectivity index (χ1v) is 9.35. The zero-order valence-electron chi connectivity index (χ0n) is 15.7. The van der Waals surface area contributed by atoms with E-state index >= 15 is 0 Å². The normalized spacial score (nSPS) is 10.6. The third-order valence-corrected chi connectivity index (χ3v) is 4.65. The van der Waals surface area contributed by atoms with Crippen molar-refractivity contribution in [1.29, 1.82) is 0 Å². The highest BCUT2D eigenvalue weighted by Gasteiger charge is 2.18. The third kappa shape index (κ3) is 3.71. The maximum absolute atomic E-state index is 13.0. The minimum atomic E-state index is -0.176. The van der Waals surface area contributed by atoms with Gasteiger partial charge in [-0.2, -0.15) is 5.10 Å². The standard InChI is InChI=1S/C24H21N3O/c1-2-18-13-15-20(16-14-18)25-24(28)22-17-27(21-11-7-4-8-12-21)26-23(22)19-9-5-3-6-10-19/h3-17H,2H2,1H3,(H,25,28). The van der Waals surface area contributed by atoms with Crippen molar-refractivity contribution in [1.82, 2.24) is 9.78 Å². The van der Waals surface area contributed by atoms with Crippen molar-refractivity contribution in [3.05, 3.63) is 102 Å². The van der Waals surface area contributed by atoms with Gasteiger partial charge in [0.2, 0.25) is 0 Å². The number of hydrogen-bond donors (Lipinski definition) is 1. The Morgan fingerprint density at radius 2 is 1.54 bits per heavy atom. The van der Waals surface area contributed by atoms with Crippen molar-refractivity contribution < 1.29 is 4.79 Å². The van der Waals surface area contributed by atoms with Gasteiger partial charge in [0.25, 0.3) is 5.91 Å². The molecule has 0 aliphatic rings. The summed E-state index contributed by atoms with van der Waals surface area (Å²) < 4.78 is 1.75. The van der Waals surface area contributed by atoms with Gasteiger partial charge in [0.05, 0.1) is 11.3 Å². The summed E-state index contributed by atoms with van der Waals surface area (Å²) in [5.41, 5.74) is 5.02. The van der Waals surface area contributed by atoms with Gasteiger partial charge in [0, 0.05) is 17.4 Å². The van der Waals surface area contributed by atoms with Crippen LogP contribution in [0.4, 0.5) is 5.69 Å². The third-order valence-electron chi connectivity index (χ3n) is 4.65. The molecular formula is C24H21N3O. The summed E-state index contributed by atoms with van der Waals surface area (Å²) in [6.07, 6.45) is 2.75. The van der Waals surface area contributed by atoms with Crippen molar-refractivity contribution in [2.45, 2.75) is 13.3 Å². The van der Waals surface area contributed by atoms with Gasteiger partial charge in [-0.25, -0.2) is 4.68 Å². The molecule has 0 saturated heterocycles. The number of amides is 1. The molecule has 0 atom stereocenters. The second-order valence-electron chi connectivity index (χ2n) is 6.54. The number of carbonyl (C=O) groups excluding carboxylic acids is 1. The molecule has 4 aromatic rings. The summed E-state index contributed by atoms with van der Waals surface area (Å²) >= 11 is 0. The van der Waals surface area contributed by atoms with E-state index in [2.05, 4.69) is 12.2 Å². The van der Waals surface area contributed by atoms with Gasteiger partial charge in [-0.1, -0.05) is 67.6 Å². The molecule has 1 N–H and O–H groups in total. The lowest BCUT2D eigenvalue weighted by molar-refractivity contribution is 0.102. The number of nitrogens with zero attached hydrogens (tertiary/aromatic N) is 2. The number of hydrogen-bond acceptors (Lipinski definition) is 2. The second kappa shape index (κ2) is 7.92. The number of nitrogens with one attached hydrogen (secondary N) is 1. The van der Waals surface area contributed by atoms with Crippen molar-refractivity contribution in [3.8, 4) is 16.9 Å². The average Bonchev–Trinajstić information content (AvgIpc) is 3.21. The average molecular weight is 367 g/mol.